The summed E-state index contributed by atoms with van der Waals surface area (Å²) in [5.41, 5.74) is 0. The molecule has 1 spiro atoms. The van der Waals surface area contributed by atoms with Crippen molar-refractivity contribution in [2.24, 2.45) is 8.80 Å². The molecular formula is C7H10N2O4S. The number of methoxy groups -OCH3 is 2. The van der Waals surface area contributed by atoms with Crippen LogP contribution in [0.25, 0.3) is 0 Å². The van der Waals surface area contributed by atoms with Crippen LogP contribution in [-0.2, 0) is 18.9 Å². The minimum atomic E-state index is -1.16. The van der Waals surface area contributed by atoms with E-state index < -0.39 is 5.79 Å². The summed E-state index contributed by atoms with van der Waals surface area (Å²) in [5.74, 6) is -0.506. The van der Waals surface area contributed by atoms with Gasteiger partial charge in [0.05, 0.1) is 27.4 Å². The highest BCUT2D eigenvalue weighted by Crippen LogP contribution is 2.30. The smallest absolute Gasteiger partial charge is 0.327 e. The van der Waals surface area contributed by atoms with E-state index in [1.54, 1.807) is 0 Å². The van der Waals surface area contributed by atoms with E-state index in [9.17, 15) is 0 Å². The zero-order valence-electron chi connectivity index (χ0n) is 7.85. The Morgan fingerprint density at radius 2 is 1.64 bits per heavy atom. The van der Waals surface area contributed by atoms with Crippen LogP contribution in [0.2, 0.25) is 0 Å². The van der Waals surface area contributed by atoms with Crippen LogP contribution < -0.4 is 0 Å². The second-order valence-electron chi connectivity index (χ2n) is 2.60. The standard InChI is InChI=1S/C7H10N2O4S/c1-10-5-7(12-3-4-13-7)6(11-2)9-14-8-5/h3-4H2,1-2H3. The van der Waals surface area contributed by atoms with E-state index in [4.69, 9.17) is 18.9 Å². The Kier molecular flexibility index (Phi) is 2.62. The summed E-state index contributed by atoms with van der Waals surface area (Å²) < 4.78 is 29.0. The van der Waals surface area contributed by atoms with E-state index in [2.05, 4.69) is 8.80 Å². The Labute approximate surface area is 85.6 Å². The average Bonchev–Trinajstić information content (AvgIpc) is 2.68. The van der Waals surface area contributed by atoms with Gasteiger partial charge >= 0.3 is 5.79 Å². The molecule has 0 radical (unpaired) electrons. The molecule has 2 aliphatic rings. The molecule has 2 heterocycles. The molecule has 78 valence electrons. The van der Waals surface area contributed by atoms with E-state index in [0.717, 1.165) is 12.1 Å². The Balaban J connectivity index is 2.33. The van der Waals surface area contributed by atoms with Crippen molar-refractivity contribution in [3.63, 3.8) is 0 Å². The van der Waals surface area contributed by atoms with E-state index in [1.165, 1.54) is 14.2 Å². The highest BCUT2D eigenvalue weighted by Gasteiger charge is 2.52. The maximum atomic E-state index is 5.44. The van der Waals surface area contributed by atoms with Crippen molar-refractivity contribution in [1.82, 2.24) is 0 Å². The van der Waals surface area contributed by atoms with Gasteiger partial charge in [-0.25, -0.2) is 0 Å². The zero-order valence-corrected chi connectivity index (χ0v) is 8.67. The average molecular weight is 218 g/mol. The molecule has 0 aliphatic carbocycles. The topological polar surface area (TPSA) is 61.6 Å². The molecule has 1 saturated heterocycles. The predicted octanol–water partition coefficient (Wildman–Crippen LogP) is 0.396. The maximum Gasteiger partial charge on any atom is 0.327 e. The lowest BCUT2D eigenvalue weighted by Gasteiger charge is -2.28. The first-order valence-electron chi connectivity index (χ1n) is 4.02. The number of nitrogens with zero attached hydrogens (tertiary/aromatic N) is 2. The molecule has 0 saturated carbocycles. The van der Waals surface area contributed by atoms with Crippen LogP contribution in [0, 0.1) is 0 Å². The van der Waals surface area contributed by atoms with Crippen molar-refractivity contribution in [3.8, 4) is 0 Å². The largest absolute Gasteiger partial charge is 0.479 e. The zero-order chi connectivity index (χ0) is 10.0. The minimum Gasteiger partial charge on any atom is -0.479 e. The molecule has 0 aromatic carbocycles. The van der Waals surface area contributed by atoms with Gasteiger partial charge < -0.3 is 18.9 Å². The van der Waals surface area contributed by atoms with Gasteiger partial charge in [-0.2, -0.15) is 8.80 Å². The summed E-state index contributed by atoms with van der Waals surface area (Å²) in [4.78, 5) is 0. The molecule has 0 aromatic rings. The van der Waals surface area contributed by atoms with E-state index in [-0.39, 0.29) is 0 Å². The molecule has 0 atom stereocenters. The van der Waals surface area contributed by atoms with Crippen molar-refractivity contribution in [3.05, 3.63) is 0 Å². The molecule has 2 aliphatic heterocycles. The van der Waals surface area contributed by atoms with Crippen LogP contribution in [0.1, 0.15) is 0 Å². The number of hydrogen-bond acceptors (Lipinski definition) is 7. The highest BCUT2D eigenvalue weighted by molar-refractivity contribution is 7.97. The Morgan fingerprint density at radius 3 is 2.07 bits per heavy atom. The fourth-order valence-electron chi connectivity index (χ4n) is 1.31. The predicted molar refractivity (Wildman–Crippen MR) is 51.1 cm³/mol. The van der Waals surface area contributed by atoms with Crippen molar-refractivity contribution < 1.29 is 18.9 Å². The molecular weight excluding hydrogens is 208 g/mol. The molecule has 0 bridgehead atoms. The third kappa shape index (κ3) is 1.28. The Bertz CT molecular complexity index is 263. The highest BCUT2D eigenvalue weighted by atomic mass is 32.2. The number of ether oxygens (including phenoxy) is 4. The van der Waals surface area contributed by atoms with Gasteiger partial charge in [-0.3, -0.25) is 0 Å². The first-order valence-corrected chi connectivity index (χ1v) is 4.75. The van der Waals surface area contributed by atoms with Gasteiger partial charge in [-0.05, 0) is 0 Å². The molecule has 7 heteroatoms. The second-order valence-corrected chi connectivity index (χ2v) is 3.12. The van der Waals surface area contributed by atoms with Crippen LogP contribution >= 0.6 is 12.1 Å². The third-order valence-corrected chi connectivity index (χ3v) is 2.39. The van der Waals surface area contributed by atoms with Gasteiger partial charge in [-0.1, -0.05) is 0 Å². The normalized spacial score (nSPS) is 24.4. The molecule has 0 N–H and O–H groups in total. The van der Waals surface area contributed by atoms with Crippen molar-refractivity contribution in [1.29, 1.82) is 0 Å². The van der Waals surface area contributed by atoms with Gasteiger partial charge in [0, 0.05) is 0 Å². The van der Waals surface area contributed by atoms with Gasteiger partial charge in [0.25, 0.3) is 11.8 Å². The van der Waals surface area contributed by atoms with Crippen LogP contribution in [0.15, 0.2) is 8.80 Å². The summed E-state index contributed by atoms with van der Waals surface area (Å²) in [6.45, 7) is 0.935. The summed E-state index contributed by atoms with van der Waals surface area (Å²) in [5, 5.41) is 0. The molecule has 6 nitrogen and oxygen atoms in total. The second kappa shape index (κ2) is 3.76. The van der Waals surface area contributed by atoms with Crippen LogP contribution in [0.5, 0.6) is 0 Å². The Hall–Kier alpha value is -0.790. The van der Waals surface area contributed by atoms with Crippen molar-refractivity contribution in [2.75, 3.05) is 27.4 Å². The van der Waals surface area contributed by atoms with Crippen LogP contribution in [-0.4, -0.2) is 45.0 Å². The van der Waals surface area contributed by atoms with E-state index in [0.29, 0.717) is 25.0 Å². The fourth-order valence-corrected chi connectivity index (χ4v) is 1.89. The minimum absolute atomic E-state index is 0.326. The van der Waals surface area contributed by atoms with Crippen molar-refractivity contribution >= 4 is 23.9 Å². The molecule has 0 aromatic heterocycles. The molecule has 0 unspecified atom stereocenters. The van der Waals surface area contributed by atoms with E-state index in [1.807, 2.05) is 0 Å². The number of rotatable bonds is 0. The van der Waals surface area contributed by atoms with Crippen molar-refractivity contribution in [2.45, 2.75) is 5.79 Å². The summed E-state index contributed by atoms with van der Waals surface area (Å²) in [7, 11) is 3.01. The summed E-state index contributed by atoms with van der Waals surface area (Å²) >= 11 is 0.987. The van der Waals surface area contributed by atoms with Crippen LogP contribution in [0.4, 0.5) is 0 Å². The van der Waals surface area contributed by atoms with Crippen LogP contribution in [0.3, 0.4) is 0 Å². The van der Waals surface area contributed by atoms with Gasteiger partial charge in [-0.15, -0.1) is 0 Å². The van der Waals surface area contributed by atoms with Gasteiger partial charge in [0.2, 0.25) is 0 Å². The van der Waals surface area contributed by atoms with Gasteiger partial charge in [0.1, 0.15) is 12.1 Å². The first kappa shape index (κ1) is 9.75. The summed E-state index contributed by atoms with van der Waals surface area (Å²) in [6, 6.07) is 0. The third-order valence-electron chi connectivity index (χ3n) is 1.89. The monoisotopic (exact) mass is 218 g/mol. The molecule has 2 rings (SSSR count). The lowest BCUT2D eigenvalue weighted by atomic mass is 10.2. The van der Waals surface area contributed by atoms with Gasteiger partial charge in [0.15, 0.2) is 0 Å². The molecule has 1 fully saturated rings. The quantitative estimate of drug-likeness (QED) is 0.551. The maximum absolute atomic E-state index is 5.44. The molecule has 0 amide bonds. The summed E-state index contributed by atoms with van der Waals surface area (Å²) in [6.07, 6.45) is 0. The first-order chi connectivity index (χ1) is 6.83. The SMILES string of the molecule is COC1=NSN=C(OC)C12OCCO2. The van der Waals surface area contributed by atoms with E-state index >= 15 is 0 Å². The fraction of sp³-hybridized carbons (Fsp3) is 0.714. The number of hydrogen-bond donors (Lipinski definition) is 0. The lowest BCUT2D eigenvalue weighted by Crippen LogP contribution is -2.50. The molecule has 14 heavy (non-hydrogen) atoms. The Morgan fingerprint density at radius 1 is 1.14 bits per heavy atom. The lowest BCUT2D eigenvalue weighted by molar-refractivity contribution is -0.0673.